The highest BCUT2D eigenvalue weighted by Gasteiger charge is 2.41. The highest BCUT2D eigenvalue weighted by molar-refractivity contribution is 7.89. The van der Waals surface area contributed by atoms with Gasteiger partial charge in [-0.25, -0.2) is 21.9 Å². The van der Waals surface area contributed by atoms with Crippen molar-refractivity contribution in [3.05, 3.63) is 28.8 Å². The lowest BCUT2D eigenvalue weighted by atomic mass is 10.2. The van der Waals surface area contributed by atoms with Crippen molar-refractivity contribution < 1.29 is 26.0 Å². The van der Waals surface area contributed by atoms with Gasteiger partial charge in [-0.05, 0) is 12.1 Å². The van der Waals surface area contributed by atoms with Crippen LogP contribution in [0.5, 0.6) is 0 Å². The fourth-order valence-corrected chi connectivity index (χ4v) is 2.93. The quantitative estimate of drug-likeness (QED) is 0.599. The van der Waals surface area contributed by atoms with Crippen LogP contribution in [-0.2, 0) is 10.0 Å². The van der Waals surface area contributed by atoms with Crippen molar-refractivity contribution in [2.75, 3.05) is 6.54 Å². The Morgan fingerprint density at radius 1 is 1.43 bits per heavy atom. The van der Waals surface area contributed by atoms with Crippen LogP contribution in [0.2, 0.25) is 5.02 Å². The zero-order valence-electron chi connectivity index (χ0n) is 10.1. The van der Waals surface area contributed by atoms with E-state index in [9.17, 15) is 26.0 Å². The summed E-state index contributed by atoms with van der Waals surface area (Å²) in [7, 11) is -4.48. The largest absolute Gasteiger partial charge is 0.389 e. The summed E-state index contributed by atoms with van der Waals surface area (Å²) in [6.45, 7) is -1.75. The Balaban J connectivity index is 3.02. The molecular formula is C10H9ClF4N2O2S2. The van der Waals surface area contributed by atoms with Crippen molar-refractivity contribution in [2.45, 2.75) is 17.2 Å². The lowest BCUT2D eigenvalue weighted by Crippen LogP contribution is -2.41. The summed E-state index contributed by atoms with van der Waals surface area (Å²) in [6, 6.07) is 3.33. The molecule has 0 amide bonds. The highest BCUT2D eigenvalue weighted by atomic mass is 35.5. The average molecular weight is 365 g/mol. The van der Waals surface area contributed by atoms with Gasteiger partial charge >= 0.3 is 12.3 Å². The minimum absolute atomic E-state index is 0.0435. The van der Waals surface area contributed by atoms with E-state index in [4.69, 9.17) is 17.3 Å². The third kappa shape index (κ3) is 4.50. The molecule has 11 heteroatoms. The normalized spacial score (nSPS) is 12.7. The van der Waals surface area contributed by atoms with Gasteiger partial charge in [0.05, 0.1) is 11.6 Å². The number of benzene rings is 1. The Morgan fingerprint density at radius 3 is 2.43 bits per heavy atom. The van der Waals surface area contributed by atoms with Crippen molar-refractivity contribution >= 4 is 38.8 Å². The average Bonchev–Trinajstić information content (AvgIpc) is 2.36. The molecule has 3 N–H and O–H groups in total. The Labute approximate surface area is 128 Å². The summed E-state index contributed by atoms with van der Waals surface area (Å²) < 4.78 is 74.3. The summed E-state index contributed by atoms with van der Waals surface area (Å²) in [5.41, 5.74) is 5.59. The van der Waals surface area contributed by atoms with E-state index < -0.39 is 33.8 Å². The molecule has 4 nitrogen and oxygen atoms in total. The minimum Gasteiger partial charge on any atom is -0.389 e. The first-order chi connectivity index (χ1) is 9.47. The number of sulfonamides is 1. The van der Waals surface area contributed by atoms with E-state index in [1.807, 2.05) is 0 Å². The molecule has 21 heavy (non-hydrogen) atoms. The lowest BCUT2D eigenvalue weighted by molar-refractivity contribution is -0.122. The van der Waals surface area contributed by atoms with Gasteiger partial charge < -0.3 is 5.73 Å². The van der Waals surface area contributed by atoms with Gasteiger partial charge in [-0.2, -0.15) is 8.78 Å². The molecule has 0 spiro atoms. The van der Waals surface area contributed by atoms with Crippen molar-refractivity contribution in [3.63, 3.8) is 0 Å². The number of hydrogen-bond donors (Lipinski definition) is 2. The Hall–Kier alpha value is -0.970. The van der Waals surface area contributed by atoms with Gasteiger partial charge in [0.1, 0.15) is 9.88 Å². The molecule has 0 unspecified atom stereocenters. The first-order valence-corrected chi connectivity index (χ1v) is 7.49. The second-order valence-electron chi connectivity index (χ2n) is 3.90. The fourth-order valence-electron chi connectivity index (χ4n) is 1.22. The van der Waals surface area contributed by atoms with Crippen LogP contribution in [0.4, 0.5) is 17.6 Å². The smallest absolute Gasteiger partial charge is 0.320 e. The molecule has 0 aliphatic rings. The van der Waals surface area contributed by atoms with Crippen molar-refractivity contribution in [1.29, 1.82) is 0 Å². The van der Waals surface area contributed by atoms with E-state index in [0.29, 0.717) is 0 Å². The van der Waals surface area contributed by atoms with Crippen LogP contribution < -0.4 is 10.5 Å². The van der Waals surface area contributed by atoms with Gasteiger partial charge in [0, 0.05) is 5.56 Å². The minimum atomic E-state index is -4.49. The molecule has 0 aromatic heterocycles. The van der Waals surface area contributed by atoms with Gasteiger partial charge in [0.15, 0.2) is 0 Å². The van der Waals surface area contributed by atoms with E-state index in [1.54, 1.807) is 0 Å². The summed E-state index contributed by atoms with van der Waals surface area (Å²) in [5, 5.41) is -0.326. The number of thiocarbonyl (C=S) groups is 1. The topological polar surface area (TPSA) is 72.2 Å². The third-order valence-corrected chi connectivity index (χ3v) is 4.44. The SMILES string of the molecule is NC(=S)c1ccc(S(=O)(=O)NCC(F)(F)C(F)F)c(Cl)c1. The van der Waals surface area contributed by atoms with Crippen LogP contribution in [0.25, 0.3) is 0 Å². The molecule has 0 aliphatic heterocycles. The van der Waals surface area contributed by atoms with Crippen molar-refractivity contribution in [1.82, 2.24) is 4.72 Å². The molecule has 0 radical (unpaired) electrons. The molecule has 0 aliphatic carbocycles. The molecule has 0 heterocycles. The Morgan fingerprint density at radius 2 is 2.00 bits per heavy atom. The number of nitrogens with two attached hydrogens (primary N) is 1. The van der Waals surface area contributed by atoms with E-state index in [2.05, 4.69) is 12.2 Å². The maximum atomic E-state index is 12.7. The molecule has 0 atom stereocenters. The maximum Gasteiger partial charge on any atom is 0.320 e. The number of hydrogen-bond acceptors (Lipinski definition) is 3. The Bertz CT molecular complexity index is 652. The number of alkyl halides is 4. The zero-order chi connectivity index (χ0) is 16.4. The van der Waals surface area contributed by atoms with Crippen molar-refractivity contribution in [3.8, 4) is 0 Å². The first-order valence-electron chi connectivity index (χ1n) is 5.22. The number of rotatable bonds is 6. The van der Waals surface area contributed by atoms with Gasteiger partial charge in [-0.1, -0.05) is 29.9 Å². The summed E-state index contributed by atoms with van der Waals surface area (Å²) >= 11 is 10.4. The highest BCUT2D eigenvalue weighted by Crippen LogP contribution is 2.25. The van der Waals surface area contributed by atoms with Crippen LogP contribution >= 0.6 is 23.8 Å². The summed E-state index contributed by atoms with van der Waals surface area (Å²) in [6.07, 6.45) is -3.99. The van der Waals surface area contributed by atoms with Crippen molar-refractivity contribution in [2.24, 2.45) is 5.73 Å². The van der Waals surface area contributed by atoms with Gasteiger partial charge in [0.2, 0.25) is 10.0 Å². The second-order valence-corrected chi connectivity index (χ2v) is 6.48. The lowest BCUT2D eigenvalue weighted by Gasteiger charge is -2.16. The molecule has 0 saturated carbocycles. The predicted octanol–water partition coefficient (Wildman–Crippen LogP) is 2.15. The van der Waals surface area contributed by atoms with E-state index >= 15 is 0 Å². The summed E-state index contributed by atoms with van der Waals surface area (Å²) in [5.74, 6) is -4.49. The first kappa shape index (κ1) is 18.1. The summed E-state index contributed by atoms with van der Waals surface area (Å²) in [4.78, 5) is -0.590. The molecule has 1 rings (SSSR count). The monoisotopic (exact) mass is 364 g/mol. The van der Waals surface area contributed by atoms with Crippen LogP contribution in [0, 0.1) is 0 Å². The van der Waals surface area contributed by atoms with Crippen LogP contribution in [0.3, 0.4) is 0 Å². The van der Waals surface area contributed by atoms with Gasteiger partial charge in [0.25, 0.3) is 0 Å². The molecule has 118 valence electrons. The van der Waals surface area contributed by atoms with Crippen LogP contribution in [0.1, 0.15) is 5.56 Å². The van der Waals surface area contributed by atoms with Gasteiger partial charge in [-0.3, -0.25) is 0 Å². The van der Waals surface area contributed by atoms with E-state index in [1.165, 1.54) is 10.8 Å². The number of nitrogens with one attached hydrogen (secondary N) is 1. The molecule has 0 fully saturated rings. The third-order valence-electron chi connectivity index (χ3n) is 2.32. The maximum absolute atomic E-state index is 12.7. The van der Waals surface area contributed by atoms with E-state index in [0.717, 1.165) is 12.1 Å². The molecule has 0 bridgehead atoms. The standard InChI is InChI=1S/C10H9ClF4N2O2S2/c11-6-3-5(8(16)20)1-2-7(6)21(18,19)17-4-10(14,15)9(12)13/h1-3,9,17H,4H2,(H2,16,20). The predicted molar refractivity (Wildman–Crippen MR) is 73.5 cm³/mol. The Kier molecular flexibility index (Phi) is 5.53. The fraction of sp³-hybridized carbons (Fsp3) is 0.300. The second kappa shape index (κ2) is 6.42. The molecule has 1 aromatic carbocycles. The molecule has 0 saturated heterocycles. The van der Waals surface area contributed by atoms with Crippen LogP contribution in [0.15, 0.2) is 23.1 Å². The van der Waals surface area contributed by atoms with Gasteiger partial charge in [-0.15, -0.1) is 0 Å². The zero-order valence-corrected chi connectivity index (χ0v) is 12.5. The molecular weight excluding hydrogens is 356 g/mol. The van der Waals surface area contributed by atoms with E-state index in [-0.39, 0.29) is 15.6 Å². The van der Waals surface area contributed by atoms with Crippen LogP contribution in [-0.4, -0.2) is 32.3 Å². The molecule has 1 aromatic rings. The number of halogens is 5.